The Balaban J connectivity index is 1.70. The van der Waals surface area contributed by atoms with E-state index >= 15 is 0 Å². The fourth-order valence-electron chi connectivity index (χ4n) is 4.07. The van der Waals surface area contributed by atoms with Crippen LogP contribution in [0.4, 0.5) is 11.4 Å². The number of benzene rings is 2. The van der Waals surface area contributed by atoms with Gasteiger partial charge in [0.1, 0.15) is 6.04 Å². The summed E-state index contributed by atoms with van der Waals surface area (Å²) in [7, 11) is 0. The van der Waals surface area contributed by atoms with Gasteiger partial charge in [-0.1, -0.05) is 36.7 Å². The molecule has 2 aromatic carbocycles. The average Bonchev–Trinajstić information content (AvgIpc) is 3.08. The van der Waals surface area contributed by atoms with Gasteiger partial charge in [-0.05, 0) is 42.5 Å². The molecule has 4 N–H and O–H groups in total. The molecule has 2 amide bonds. The number of nitrogens with two attached hydrogens (primary N) is 1. The van der Waals surface area contributed by atoms with E-state index in [0.29, 0.717) is 11.4 Å². The smallest absolute Gasteiger partial charge is 0.245 e. The number of fused-ring (bicyclic) bond motifs is 2. The van der Waals surface area contributed by atoms with Gasteiger partial charge in [0, 0.05) is 27.5 Å². The minimum Gasteiger partial charge on any atom is -0.325 e. The molecule has 134 valence electrons. The van der Waals surface area contributed by atoms with Gasteiger partial charge in [0.25, 0.3) is 0 Å². The van der Waals surface area contributed by atoms with Gasteiger partial charge in [0.05, 0.1) is 5.92 Å². The first-order chi connectivity index (χ1) is 12.4. The summed E-state index contributed by atoms with van der Waals surface area (Å²) in [6, 6.07) is 8.76. The Morgan fingerprint density at radius 1 is 1.15 bits per heavy atom. The van der Waals surface area contributed by atoms with Gasteiger partial charge < -0.3 is 16.4 Å². The first-order valence-electron chi connectivity index (χ1n) is 8.66. The molecule has 0 aliphatic carbocycles. The highest BCUT2D eigenvalue weighted by Gasteiger charge is 2.38. The Labute approximate surface area is 156 Å². The highest BCUT2D eigenvalue weighted by molar-refractivity contribution is 6.32. The Morgan fingerprint density at radius 2 is 1.92 bits per heavy atom. The number of nitrogens with one attached hydrogen (secondary N) is 2. The third-order valence-corrected chi connectivity index (χ3v) is 5.77. The molecular weight excluding hydrogens is 350 g/mol. The fourth-order valence-corrected chi connectivity index (χ4v) is 4.36. The monoisotopic (exact) mass is 369 g/mol. The molecule has 5 nitrogen and oxygen atoms in total. The van der Waals surface area contributed by atoms with Crippen LogP contribution in [0, 0.1) is 12.8 Å². The standard InChI is InChI=1S/C20H20ClN3O2/c1-9-6-7-11-17(22)20(26)24-18(11)12(9)8-10(2)15-16-13(21)4-3-5-14(16)23-19(15)25/h3-7,10,15,17H,8,22H2,1-2H3,(H,23,25)(H,24,26)/t10?,15-,17-/m1/s1. The third kappa shape index (κ3) is 2.50. The Bertz CT molecular complexity index is 941. The lowest BCUT2D eigenvalue weighted by atomic mass is 9.82. The van der Waals surface area contributed by atoms with Crippen molar-refractivity contribution in [3.63, 3.8) is 0 Å². The van der Waals surface area contributed by atoms with Crippen LogP contribution in [0.3, 0.4) is 0 Å². The molecular formula is C20H20ClN3O2. The lowest BCUT2D eigenvalue weighted by molar-refractivity contribution is -0.118. The number of halogens is 1. The molecule has 4 rings (SSSR count). The summed E-state index contributed by atoms with van der Waals surface area (Å²) < 4.78 is 0. The molecule has 2 aromatic rings. The maximum absolute atomic E-state index is 12.6. The van der Waals surface area contributed by atoms with Crippen molar-refractivity contribution >= 4 is 34.8 Å². The van der Waals surface area contributed by atoms with Crippen molar-refractivity contribution in [2.24, 2.45) is 11.7 Å². The number of rotatable bonds is 3. The van der Waals surface area contributed by atoms with Crippen LogP contribution in [-0.4, -0.2) is 11.8 Å². The lowest BCUT2D eigenvalue weighted by Crippen LogP contribution is -2.21. The van der Waals surface area contributed by atoms with Crippen molar-refractivity contribution in [2.75, 3.05) is 10.6 Å². The van der Waals surface area contributed by atoms with Crippen LogP contribution in [0.25, 0.3) is 0 Å². The molecule has 2 aliphatic rings. The summed E-state index contributed by atoms with van der Waals surface area (Å²) in [5, 5.41) is 6.43. The molecule has 2 heterocycles. The van der Waals surface area contributed by atoms with Crippen LogP contribution in [0.15, 0.2) is 30.3 Å². The summed E-state index contributed by atoms with van der Waals surface area (Å²) in [5.41, 5.74) is 11.3. The molecule has 0 radical (unpaired) electrons. The zero-order chi connectivity index (χ0) is 18.6. The molecule has 2 aliphatic heterocycles. The van der Waals surface area contributed by atoms with E-state index in [-0.39, 0.29) is 23.7 Å². The Kier molecular flexibility index (Phi) is 4.01. The normalized spacial score (nSPS) is 21.8. The molecule has 0 fully saturated rings. The van der Waals surface area contributed by atoms with Gasteiger partial charge in [-0.2, -0.15) is 0 Å². The summed E-state index contributed by atoms with van der Waals surface area (Å²) in [6.45, 7) is 4.05. The topological polar surface area (TPSA) is 84.2 Å². The van der Waals surface area contributed by atoms with E-state index in [1.165, 1.54) is 0 Å². The van der Waals surface area contributed by atoms with E-state index in [0.717, 1.165) is 33.6 Å². The van der Waals surface area contributed by atoms with Gasteiger partial charge in [-0.25, -0.2) is 0 Å². The van der Waals surface area contributed by atoms with Crippen LogP contribution in [0.2, 0.25) is 5.02 Å². The zero-order valence-corrected chi connectivity index (χ0v) is 15.4. The quantitative estimate of drug-likeness (QED) is 0.774. The number of hydrogen-bond donors (Lipinski definition) is 3. The van der Waals surface area contributed by atoms with Gasteiger partial charge in [-0.15, -0.1) is 0 Å². The van der Waals surface area contributed by atoms with Gasteiger partial charge in [0.2, 0.25) is 11.8 Å². The molecule has 26 heavy (non-hydrogen) atoms. The molecule has 0 saturated carbocycles. The largest absolute Gasteiger partial charge is 0.325 e. The third-order valence-electron chi connectivity index (χ3n) is 5.44. The first-order valence-corrected chi connectivity index (χ1v) is 9.04. The van der Waals surface area contributed by atoms with Crippen LogP contribution in [0.1, 0.15) is 41.1 Å². The van der Waals surface area contributed by atoms with Crippen LogP contribution < -0.4 is 16.4 Å². The molecule has 0 bridgehead atoms. The minimum absolute atomic E-state index is 0.00933. The summed E-state index contributed by atoms with van der Waals surface area (Å²) in [4.78, 5) is 24.6. The van der Waals surface area contributed by atoms with Crippen molar-refractivity contribution < 1.29 is 9.59 Å². The number of carbonyl (C=O) groups excluding carboxylic acids is 2. The van der Waals surface area contributed by atoms with E-state index < -0.39 is 6.04 Å². The van der Waals surface area contributed by atoms with Gasteiger partial charge in [0.15, 0.2) is 0 Å². The predicted molar refractivity (Wildman–Crippen MR) is 102 cm³/mol. The second kappa shape index (κ2) is 6.11. The predicted octanol–water partition coefficient (Wildman–Crippen LogP) is 3.51. The molecule has 0 saturated heterocycles. The van der Waals surface area contributed by atoms with Gasteiger partial charge >= 0.3 is 0 Å². The Morgan fingerprint density at radius 3 is 2.69 bits per heavy atom. The second-order valence-corrected chi connectivity index (χ2v) is 7.55. The molecule has 0 aromatic heterocycles. The molecule has 6 heteroatoms. The number of amides is 2. The van der Waals surface area contributed by atoms with E-state index in [9.17, 15) is 9.59 Å². The fraction of sp³-hybridized carbons (Fsp3) is 0.300. The van der Waals surface area contributed by atoms with Gasteiger partial charge in [-0.3, -0.25) is 9.59 Å². The molecule has 1 unspecified atom stereocenters. The zero-order valence-electron chi connectivity index (χ0n) is 14.6. The SMILES string of the molecule is Cc1ccc2c(c1CC(C)[C@H]1C(=O)Nc3cccc(Cl)c31)NC(=O)[C@@H]2N. The van der Waals surface area contributed by atoms with Crippen LogP contribution in [0.5, 0.6) is 0 Å². The van der Waals surface area contributed by atoms with E-state index in [4.69, 9.17) is 17.3 Å². The maximum Gasteiger partial charge on any atom is 0.245 e. The van der Waals surface area contributed by atoms with Crippen LogP contribution in [-0.2, 0) is 16.0 Å². The summed E-state index contributed by atoms with van der Waals surface area (Å²) in [5.74, 6) is -0.534. The average molecular weight is 370 g/mol. The van der Waals surface area contributed by atoms with E-state index in [1.54, 1.807) is 0 Å². The number of anilines is 2. The van der Waals surface area contributed by atoms with E-state index in [2.05, 4.69) is 10.6 Å². The number of carbonyl (C=O) groups is 2. The highest BCUT2D eigenvalue weighted by Crippen LogP contribution is 2.44. The lowest BCUT2D eigenvalue weighted by Gasteiger charge is -2.21. The maximum atomic E-state index is 12.6. The summed E-state index contributed by atoms with van der Waals surface area (Å²) in [6.07, 6.45) is 0.644. The molecule has 3 atom stereocenters. The van der Waals surface area contributed by atoms with Crippen molar-refractivity contribution in [3.8, 4) is 0 Å². The highest BCUT2D eigenvalue weighted by atomic mass is 35.5. The van der Waals surface area contributed by atoms with E-state index in [1.807, 2.05) is 44.2 Å². The number of hydrogen-bond acceptors (Lipinski definition) is 3. The van der Waals surface area contributed by atoms with Crippen molar-refractivity contribution in [1.29, 1.82) is 0 Å². The van der Waals surface area contributed by atoms with Crippen molar-refractivity contribution in [2.45, 2.75) is 32.2 Å². The first kappa shape index (κ1) is 17.1. The van der Waals surface area contributed by atoms with Crippen LogP contribution >= 0.6 is 11.6 Å². The number of aryl methyl sites for hydroxylation is 1. The van der Waals surface area contributed by atoms with Crippen molar-refractivity contribution in [3.05, 3.63) is 57.6 Å². The molecule has 0 spiro atoms. The second-order valence-electron chi connectivity index (χ2n) is 7.14. The summed E-state index contributed by atoms with van der Waals surface area (Å²) >= 11 is 6.37. The Hall–Kier alpha value is -2.37. The minimum atomic E-state index is -0.635. The van der Waals surface area contributed by atoms with Crippen molar-refractivity contribution in [1.82, 2.24) is 0 Å².